The van der Waals surface area contributed by atoms with Gasteiger partial charge < -0.3 is 20.1 Å². The van der Waals surface area contributed by atoms with Crippen LogP contribution in [0.25, 0.3) is 0 Å². The zero-order chi connectivity index (χ0) is 17.5. The van der Waals surface area contributed by atoms with Crippen LogP contribution in [0.1, 0.15) is 44.1 Å². The monoisotopic (exact) mass is 473 g/mol. The van der Waals surface area contributed by atoms with Crippen LogP contribution in [0.15, 0.2) is 29.3 Å². The number of nitrogens with zero attached hydrogens (tertiary/aromatic N) is 1. The molecular formula is C20H32IN3O2. The quantitative estimate of drug-likeness (QED) is 0.378. The maximum Gasteiger partial charge on any atom is 0.191 e. The minimum Gasteiger partial charge on any atom is -0.496 e. The van der Waals surface area contributed by atoms with Gasteiger partial charge in [-0.05, 0) is 31.7 Å². The summed E-state index contributed by atoms with van der Waals surface area (Å²) in [6.45, 7) is 2.58. The molecule has 1 aromatic rings. The second-order valence-electron chi connectivity index (χ2n) is 7.13. The van der Waals surface area contributed by atoms with Crippen molar-refractivity contribution in [3.05, 3.63) is 29.8 Å². The molecule has 0 spiro atoms. The largest absolute Gasteiger partial charge is 0.496 e. The van der Waals surface area contributed by atoms with E-state index in [4.69, 9.17) is 9.47 Å². The third kappa shape index (κ3) is 5.03. The number of hydrogen-bond donors (Lipinski definition) is 2. The van der Waals surface area contributed by atoms with E-state index in [1.807, 2.05) is 13.1 Å². The molecule has 0 bridgehead atoms. The van der Waals surface area contributed by atoms with E-state index in [1.54, 1.807) is 7.11 Å². The van der Waals surface area contributed by atoms with Crippen LogP contribution >= 0.6 is 24.0 Å². The van der Waals surface area contributed by atoms with Crippen molar-refractivity contribution in [2.75, 3.05) is 33.9 Å². The van der Waals surface area contributed by atoms with Gasteiger partial charge in [0, 0.05) is 37.7 Å². The molecule has 1 unspecified atom stereocenters. The Morgan fingerprint density at radius 2 is 2.00 bits per heavy atom. The lowest BCUT2D eigenvalue weighted by atomic mass is 9.78. The van der Waals surface area contributed by atoms with Crippen LogP contribution in [-0.4, -0.2) is 45.9 Å². The molecule has 146 valence electrons. The number of para-hydroxylation sites is 1. The Morgan fingerprint density at radius 1 is 1.23 bits per heavy atom. The van der Waals surface area contributed by atoms with E-state index < -0.39 is 0 Å². The molecule has 1 aromatic carbocycles. The molecule has 3 rings (SSSR count). The molecular weight excluding hydrogens is 441 g/mol. The van der Waals surface area contributed by atoms with Crippen LogP contribution in [-0.2, 0) is 10.2 Å². The Bertz CT molecular complexity index is 582. The van der Waals surface area contributed by atoms with E-state index in [-0.39, 0.29) is 29.4 Å². The summed E-state index contributed by atoms with van der Waals surface area (Å²) < 4.78 is 11.3. The molecule has 0 amide bonds. The fraction of sp³-hybridized carbons (Fsp3) is 0.650. The topological polar surface area (TPSA) is 54.9 Å². The molecule has 1 aliphatic heterocycles. The first-order valence-corrected chi connectivity index (χ1v) is 9.47. The molecule has 5 nitrogen and oxygen atoms in total. The number of aliphatic imine (C=N–C) groups is 1. The molecule has 2 fully saturated rings. The second kappa shape index (κ2) is 10.3. The van der Waals surface area contributed by atoms with Gasteiger partial charge in [-0.25, -0.2) is 0 Å². The Morgan fingerprint density at radius 3 is 2.65 bits per heavy atom. The highest BCUT2D eigenvalue weighted by molar-refractivity contribution is 14.0. The molecule has 26 heavy (non-hydrogen) atoms. The standard InChI is InChI=1S/C20H31N3O2.HI/c1-21-19(22-14-16-8-7-13-25-16)23-15-20(11-5-6-12-20)17-9-3-4-10-18(17)24-2;/h3-4,9-10,16H,5-8,11-15H2,1-2H3,(H2,21,22,23);1H. The van der Waals surface area contributed by atoms with Gasteiger partial charge in [-0.1, -0.05) is 31.0 Å². The number of ether oxygens (including phenoxy) is 2. The van der Waals surface area contributed by atoms with Crippen LogP contribution in [0.2, 0.25) is 0 Å². The zero-order valence-electron chi connectivity index (χ0n) is 15.9. The lowest BCUT2D eigenvalue weighted by Gasteiger charge is -2.32. The van der Waals surface area contributed by atoms with Crippen molar-refractivity contribution in [1.29, 1.82) is 0 Å². The van der Waals surface area contributed by atoms with Gasteiger partial charge in [0.2, 0.25) is 0 Å². The first-order valence-electron chi connectivity index (χ1n) is 9.47. The molecule has 1 atom stereocenters. The predicted molar refractivity (Wildman–Crippen MR) is 117 cm³/mol. The van der Waals surface area contributed by atoms with Crippen LogP contribution in [0.4, 0.5) is 0 Å². The van der Waals surface area contributed by atoms with E-state index in [1.165, 1.54) is 31.2 Å². The number of hydrogen-bond acceptors (Lipinski definition) is 3. The number of benzene rings is 1. The summed E-state index contributed by atoms with van der Waals surface area (Å²) in [5, 5.41) is 6.97. The molecule has 2 aliphatic rings. The highest BCUT2D eigenvalue weighted by Crippen LogP contribution is 2.44. The lowest BCUT2D eigenvalue weighted by molar-refractivity contribution is 0.113. The van der Waals surface area contributed by atoms with Crippen molar-refractivity contribution in [2.45, 2.75) is 50.0 Å². The maximum absolute atomic E-state index is 5.68. The van der Waals surface area contributed by atoms with Crippen LogP contribution in [0, 0.1) is 0 Å². The van der Waals surface area contributed by atoms with Crippen molar-refractivity contribution >= 4 is 29.9 Å². The van der Waals surface area contributed by atoms with Gasteiger partial charge >= 0.3 is 0 Å². The normalized spacial score (nSPS) is 21.9. The maximum atomic E-state index is 5.68. The molecule has 0 radical (unpaired) electrons. The minimum atomic E-state index is 0. The summed E-state index contributed by atoms with van der Waals surface area (Å²) in [5.41, 5.74) is 1.44. The van der Waals surface area contributed by atoms with Gasteiger partial charge in [0.25, 0.3) is 0 Å². The molecule has 1 saturated heterocycles. The zero-order valence-corrected chi connectivity index (χ0v) is 18.3. The lowest BCUT2D eigenvalue weighted by Crippen LogP contribution is -2.46. The predicted octanol–water partition coefficient (Wildman–Crippen LogP) is 3.47. The van der Waals surface area contributed by atoms with E-state index in [2.05, 4.69) is 33.8 Å². The van der Waals surface area contributed by atoms with Gasteiger partial charge in [-0.15, -0.1) is 24.0 Å². The van der Waals surface area contributed by atoms with E-state index in [0.717, 1.165) is 44.2 Å². The Balaban J connectivity index is 0.00000243. The first-order chi connectivity index (χ1) is 12.3. The number of rotatable bonds is 6. The summed E-state index contributed by atoms with van der Waals surface area (Å²) in [5.74, 6) is 1.85. The number of nitrogens with one attached hydrogen (secondary N) is 2. The number of methoxy groups -OCH3 is 1. The summed E-state index contributed by atoms with van der Waals surface area (Å²) in [4.78, 5) is 4.38. The van der Waals surface area contributed by atoms with Gasteiger partial charge in [-0.2, -0.15) is 0 Å². The third-order valence-corrected chi connectivity index (χ3v) is 5.58. The summed E-state index contributed by atoms with van der Waals surface area (Å²) >= 11 is 0. The minimum absolute atomic E-state index is 0. The smallest absolute Gasteiger partial charge is 0.191 e. The van der Waals surface area contributed by atoms with Crippen molar-refractivity contribution in [3.63, 3.8) is 0 Å². The molecule has 0 aromatic heterocycles. The Hall–Kier alpha value is -1.02. The van der Waals surface area contributed by atoms with E-state index >= 15 is 0 Å². The molecule has 1 aliphatic carbocycles. The van der Waals surface area contributed by atoms with Crippen LogP contribution in [0.5, 0.6) is 5.75 Å². The third-order valence-electron chi connectivity index (χ3n) is 5.58. The second-order valence-corrected chi connectivity index (χ2v) is 7.13. The van der Waals surface area contributed by atoms with Crippen molar-refractivity contribution in [1.82, 2.24) is 10.6 Å². The number of halogens is 1. The van der Waals surface area contributed by atoms with Gasteiger partial charge in [0.15, 0.2) is 5.96 Å². The summed E-state index contributed by atoms with van der Waals surface area (Å²) in [6.07, 6.45) is 7.51. The first kappa shape index (κ1) is 21.3. The van der Waals surface area contributed by atoms with Crippen molar-refractivity contribution < 1.29 is 9.47 Å². The van der Waals surface area contributed by atoms with Crippen LogP contribution < -0.4 is 15.4 Å². The van der Waals surface area contributed by atoms with Gasteiger partial charge in [0.05, 0.1) is 13.2 Å². The summed E-state index contributed by atoms with van der Waals surface area (Å²) in [7, 11) is 3.59. The highest BCUT2D eigenvalue weighted by Gasteiger charge is 2.37. The molecule has 1 saturated carbocycles. The van der Waals surface area contributed by atoms with Gasteiger partial charge in [-0.3, -0.25) is 4.99 Å². The van der Waals surface area contributed by atoms with E-state index in [0.29, 0.717) is 6.10 Å². The highest BCUT2D eigenvalue weighted by atomic mass is 127. The average Bonchev–Trinajstić information content (AvgIpc) is 3.34. The molecule has 1 heterocycles. The SMILES string of the molecule is CN=C(NCC1CCCO1)NCC1(c2ccccc2OC)CCCC1.I. The van der Waals surface area contributed by atoms with Crippen molar-refractivity contribution in [3.8, 4) is 5.75 Å². The average molecular weight is 473 g/mol. The number of guanidine groups is 1. The Kier molecular flexibility index (Phi) is 8.47. The van der Waals surface area contributed by atoms with E-state index in [9.17, 15) is 0 Å². The molecule has 6 heteroatoms. The van der Waals surface area contributed by atoms with Crippen molar-refractivity contribution in [2.24, 2.45) is 4.99 Å². The fourth-order valence-corrected chi connectivity index (χ4v) is 4.17. The van der Waals surface area contributed by atoms with Crippen LogP contribution in [0.3, 0.4) is 0 Å². The Labute approximate surface area is 174 Å². The molecule has 2 N–H and O–H groups in total. The van der Waals surface area contributed by atoms with Gasteiger partial charge in [0.1, 0.15) is 5.75 Å². The fourth-order valence-electron chi connectivity index (χ4n) is 4.17. The summed E-state index contributed by atoms with van der Waals surface area (Å²) in [6, 6.07) is 8.44.